The van der Waals surface area contributed by atoms with E-state index in [0.717, 1.165) is 0 Å². The largest absolute Gasteiger partial charge is 0.311 e. The summed E-state index contributed by atoms with van der Waals surface area (Å²) >= 11 is 1.98. The van der Waals surface area contributed by atoms with E-state index in [9.17, 15) is 0 Å². The summed E-state index contributed by atoms with van der Waals surface area (Å²) in [7, 11) is 0. The molecule has 0 spiro atoms. The monoisotopic (exact) mass is 969 g/mol. The molecule has 6 aromatic carbocycles. The Morgan fingerprint density at radius 1 is 0.417 bits per heavy atom. The normalized spacial score (nSPS) is 20.6. The van der Waals surface area contributed by atoms with Crippen molar-refractivity contribution in [3.8, 4) is 0 Å². The lowest BCUT2D eigenvalue weighted by molar-refractivity contribution is 0.332. The van der Waals surface area contributed by atoms with Crippen molar-refractivity contribution in [1.82, 2.24) is 0 Å². The van der Waals surface area contributed by atoms with E-state index in [1.165, 1.54) is 154 Å². The Hall–Kier alpha value is -4.80. The number of hydrogen-bond acceptors (Lipinski definition) is 3. The van der Waals surface area contributed by atoms with Gasteiger partial charge >= 0.3 is 0 Å². The fraction of sp³-hybridized carbons (Fsp3) is 0.471. The highest BCUT2D eigenvalue weighted by atomic mass is 32.1. The SMILES string of the molecule is CC(C)(C)c1cc2c3c(c1)N(c1ccc4c(sc5ccccc54)c1C(C)(C)C)c1cc4c(cc1B3c1cc3c(cc1N2c1ccc2c(c1)C(C)(C)CCC2(C)C)C(C)(C)CCC3(C)C)C(C)(C)CCC4(C)C. The highest BCUT2D eigenvalue weighted by molar-refractivity contribution is 7.26. The second-order valence-corrected chi connectivity index (χ2v) is 30.5. The third-order valence-corrected chi connectivity index (χ3v) is 20.7. The first-order valence-corrected chi connectivity index (χ1v) is 28.5. The summed E-state index contributed by atoms with van der Waals surface area (Å²) in [6.07, 6.45) is 7.11. The lowest BCUT2D eigenvalue weighted by Gasteiger charge is -2.50. The smallest absolute Gasteiger partial charge is 0.252 e. The molecular formula is C68H81BN2S. The number of benzene rings is 6. The minimum atomic E-state index is -0.149. The van der Waals surface area contributed by atoms with Crippen LogP contribution in [0, 0.1) is 0 Å². The molecule has 5 aliphatic rings. The quantitative estimate of drug-likeness (QED) is 0.159. The van der Waals surface area contributed by atoms with Gasteiger partial charge in [0.15, 0.2) is 0 Å². The Labute approximate surface area is 438 Å². The summed E-state index contributed by atoms with van der Waals surface area (Å²) in [6, 6.07) is 37.9. The topological polar surface area (TPSA) is 6.48 Å². The first-order chi connectivity index (χ1) is 33.4. The maximum Gasteiger partial charge on any atom is 0.252 e. The van der Waals surface area contributed by atoms with Crippen molar-refractivity contribution in [3.63, 3.8) is 0 Å². The van der Waals surface area contributed by atoms with Crippen LogP contribution >= 0.6 is 11.3 Å². The number of fused-ring (bicyclic) bond motifs is 10. The molecule has 1 aromatic heterocycles. The van der Waals surface area contributed by atoms with Gasteiger partial charge in [0.05, 0.1) is 5.69 Å². The molecule has 7 aromatic rings. The van der Waals surface area contributed by atoms with Crippen LogP contribution in [-0.2, 0) is 43.3 Å². The van der Waals surface area contributed by atoms with E-state index in [1.54, 1.807) is 0 Å². The Kier molecular flexibility index (Phi) is 10.0. The molecule has 12 rings (SSSR count). The van der Waals surface area contributed by atoms with E-state index < -0.39 is 0 Å². The standard InChI is InChI=1S/C68H81BN2S/c1-61(2,3)40-33-55-59-56(34-40)71(52-26-24-43-42-21-19-20-22-57(42)72-60(43)58(52)62(4,5)6)54-39-49-47(66(13,14)30-32-68(49,17)18)37-51(54)69(59)50-36-46-48(67(15,16)31-29-65(46,11)12)38-53(50)70(55)41-23-25-44-45(35-41)64(9,10)28-27-63(44,7)8/h19-26,33-39H,27-32H2,1-18H3. The van der Waals surface area contributed by atoms with Crippen LogP contribution in [0.2, 0.25) is 0 Å². The molecule has 0 radical (unpaired) electrons. The van der Waals surface area contributed by atoms with Gasteiger partial charge in [0, 0.05) is 48.6 Å². The van der Waals surface area contributed by atoms with Crippen molar-refractivity contribution in [2.45, 2.75) is 206 Å². The highest BCUT2D eigenvalue weighted by Crippen LogP contribution is 2.56. The van der Waals surface area contributed by atoms with Gasteiger partial charge in [0.25, 0.3) is 6.71 Å². The van der Waals surface area contributed by atoms with Crippen LogP contribution in [0.5, 0.6) is 0 Å². The van der Waals surface area contributed by atoms with Crippen molar-refractivity contribution < 1.29 is 0 Å². The zero-order chi connectivity index (χ0) is 51.4. The fourth-order valence-electron chi connectivity index (χ4n) is 14.5. The Morgan fingerprint density at radius 3 is 1.39 bits per heavy atom. The zero-order valence-electron chi connectivity index (χ0n) is 47.3. The maximum atomic E-state index is 2.80. The molecule has 4 heteroatoms. The molecule has 0 fully saturated rings. The Morgan fingerprint density at radius 2 is 0.875 bits per heavy atom. The second kappa shape index (κ2) is 15.0. The molecule has 0 amide bonds. The van der Waals surface area contributed by atoms with Crippen molar-refractivity contribution in [3.05, 3.63) is 136 Å². The van der Waals surface area contributed by atoms with Crippen molar-refractivity contribution in [2.24, 2.45) is 0 Å². The van der Waals surface area contributed by atoms with Crippen LogP contribution in [0.1, 0.15) is 208 Å². The van der Waals surface area contributed by atoms with Crippen LogP contribution in [0.15, 0.2) is 91.0 Å². The predicted molar refractivity (Wildman–Crippen MR) is 317 cm³/mol. The molecule has 0 N–H and O–H groups in total. The van der Waals surface area contributed by atoms with Crippen LogP contribution in [-0.4, -0.2) is 6.71 Å². The lowest BCUT2D eigenvalue weighted by atomic mass is 9.32. The number of hydrogen-bond donors (Lipinski definition) is 0. The molecule has 0 atom stereocenters. The van der Waals surface area contributed by atoms with Crippen LogP contribution < -0.4 is 26.2 Å². The summed E-state index contributed by atoms with van der Waals surface area (Å²) in [5.74, 6) is 0. The van der Waals surface area contributed by atoms with Gasteiger partial charge in [-0.05, 0) is 191 Å². The second-order valence-electron chi connectivity index (χ2n) is 29.4. The molecule has 0 unspecified atom stereocenters. The first-order valence-electron chi connectivity index (χ1n) is 27.7. The average molecular weight is 969 g/mol. The van der Waals surface area contributed by atoms with Gasteiger partial charge in [-0.3, -0.25) is 0 Å². The highest BCUT2D eigenvalue weighted by Gasteiger charge is 2.50. The lowest BCUT2D eigenvalue weighted by Crippen LogP contribution is -2.62. The van der Waals surface area contributed by atoms with E-state index in [4.69, 9.17) is 0 Å². The predicted octanol–water partition coefficient (Wildman–Crippen LogP) is 17.8. The van der Waals surface area contributed by atoms with Gasteiger partial charge in [-0.1, -0.05) is 167 Å². The summed E-state index contributed by atoms with van der Waals surface area (Å²) in [5, 5.41) is 2.73. The van der Waals surface area contributed by atoms with Gasteiger partial charge in [0.2, 0.25) is 0 Å². The van der Waals surface area contributed by atoms with Gasteiger partial charge in [-0.15, -0.1) is 11.3 Å². The van der Waals surface area contributed by atoms with E-state index in [0.29, 0.717) is 0 Å². The van der Waals surface area contributed by atoms with Gasteiger partial charge in [-0.2, -0.15) is 0 Å². The summed E-state index contributed by atoms with van der Waals surface area (Å²) in [6.45, 7) is 44.7. The van der Waals surface area contributed by atoms with E-state index in [-0.39, 0.29) is 50.0 Å². The van der Waals surface area contributed by atoms with E-state index in [2.05, 4.69) is 225 Å². The molecule has 2 nitrogen and oxygen atoms in total. The van der Waals surface area contributed by atoms with Gasteiger partial charge in [-0.25, -0.2) is 0 Å². The number of thiophene rings is 1. The van der Waals surface area contributed by atoms with Crippen LogP contribution in [0.4, 0.5) is 34.1 Å². The fourth-order valence-corrected chi connectivity index (χ4v) is 15.9. The molecule has 3 aliphatic carbocycles. The molecule has 0 bridgehead atoms. The van der Waals surface area contributed by atoms with Crippen molar-refractivity contribution >= 4 is 88.7 Å². The molecule has 0 saturated carbocycles. The van der Waals surface area contributed by atoms with Crippen LogP contribution in [0.3, 0.4) is 0 Å². The maximum absolute atomic E-state index is 2.80. The first kappa shape index (κ1) is 48.2. The molecule has 3 heterocycles. The van der Waals surface area contributed by atoms with Crippen LogP contribution in [0.25, 0.3) is 20.2 Å². The summed E-state index contributed by atoms with van der Waals surface area (Å²) in [5.41, 5.74) is 24.4. The average Bonchev–Trinajstić information content (AvgIpc) is 3.67. The number of nitrogens with zero attached hydrogens (tertiary/aromatic N) is 2. The third-order valence-electron chi connectivity index (χ3n) is 19.5. The van der Waals surface area contributed by atoms with Crippen molar-refractivity contribution in [1.29, 1.82) is 0 Å². The minimum absolute atomic E-state index is 0.0390. The number of anilines is 6. The molecule has 372 valence electrons. The Balaban J connectivity index is 1.27. The number of rotatable bonds is 2. The van der Waals surface area contributed by atoms with E-state index >= 15 is 0 Å². The molecule has 72 heavy (non-hydrogen) atoms. The molecule has 2 aliphatic heterocycles. The van der Waals surface area contributed by atoms with Gasteiger partial charge in [0.1, 0.15) is 0 Å². The third kappa shape index (κ3) is 6.91. The Bertz CT molecular complexity index is 3460. The minimum Gasteiger partial charge on any atom is -0.311 e. The summed E-state index contributed by atoms with van der Waals surface area (Å²) < 4.78 is 2.77. The van der Waals surface area contributed by atoms with Gasteiger partial charge < -0.3 is 9.80 Å². The van der Waals surface area contributed by atoms with E-state index in [1.807, 2.05) is 11.3 Å². The molecule has 0 saturated heterocycles. The molecular weight excluding hydrogens is 888 g/mol. The summed E-state index contributed by atoms with van der Waals surface area (Å²) in [4.78, 5) is 5.57. The zero-order valence-corrected chi connectivity index (χ0v) is 48.1. The van der Waals surface area contributed by atoms with Crippen molar-refractivity contribution in [2.75, 3.05) is 9.80 Å².